The number of halogens is 1. The highest BCUT2D eigenvalue weighted by molar-refractivity contribution is 6.31. The first-order chi connectivity index (χ1) is 7.65. The van der Waals surface area contributed by atoms with Gasteiger partial charge in [-0.1, -0.05) is 11.6 Å². The Kier molecular flexibility index (Phi) is 3.51. The lowest BCUT2D eigenvalue weighted by molar-refractivity contribution is 0.104. The van der Waals surface area contributed by atoms with Crippen molar-refractivity contribution in [2.75, 3.05) is 25.9 Å². The number of likely N-dealkylation sites (N-methyl/N-ethyl adjacent to an activating group) is 1. The van der Waals surface area contributed by atoms with Gasteiger partial charge in [0.2, 0.25) is 0 Å². The van der Waals surface area contributed by atoms with E-state index < -0.39 is 0 Å². The molecule has 1 aromatic rings. The predicted octanol–water partition coefficient (Wildman–Crippen LogP) is 1.79. The van der Waals surface area contributed by atoms with Crippen molar-refractivity contribution in [1.82, 2.24) is 9.88 Å². The molecular weight excluding hydrogens is 226 g/mol. The van der Waals surface area contributed by atoms with Gasteiger partial charge in [0.05, 0.1) is 6.20 Å². The van der Waals surface area contributed by atoms with Crippen molar-refractivity contribution in [2.24, 2.45) is 0 Å². The van der Waals surface area contributed by atoms with Crippen molar-refractivity contribution in [3.63, 3.8) is 0 Å². The number of anilines is 1. The van der Waals surface area contributed by atoms with Crippen LogP contribution in [0.2, 0.25) is 5.02 Å². The van der Waals surface area contributed by atoms with E-state index in [1.807, 2.05) is 0 Å². The third kappa shape index (κ3) is 2.77. The number of pyridine rings is 1. The van der Waals surface area contributed by atoms with Crippen molar-refractivity contribution in [2.45, 2.75) is 18.9 Å². The Morgan fingerprint density at radius 2 is 2.44 bits per heavy atom. The lowest BCUT2D eigenvalue weighted by atomic mass is 10.1. The highest BCUT2D eigenvalue weighted by Crippen LogP contribution is 2.27. The third-order valence-electron chi connectivity index (χ3n) is 2.72. The number of nitrogens with zero attached hydrogens (tertiary/aromatic N) is 2. The number of rotatable bonds is 2. The molecule has 0 saturated carbocycles. The fourth-order valence-electron chi connectivity index (χ4n) is 1.92. The number of piperidine rings is 1. The van der Waals surface area contributed by atoms with E-state index in [9.17, 15) is 0 Å². The lowest BCUT2D eigenvalue weighted by Crippen LogP contribution is -2.38. The zero-order valence-corrected chi connectivity index (χ0v) is 10.1. The van der Waals surface area contributed by atoms with E-state index in [2.05, 4.69) is 16.9 Å². The third-order valence-corrected chi connectivity index (χ3v) is 3.00. The van der Waals surface area contributed by atoms with E-state index in [-0.39, 0.29) is 6.10 Å². The molecule has 1 aromatic heterocycles. The maximum Gasteiger partial charge on any atom is 0.143 e. The Bertz CT molecular complexity index is 372. The molecule has 0 amide bonds. The largest absolute Gasteiger partial charge is 0.487 e. The van der Waals surface area contributed by atoms with Crippen molar-refractivity contribution < 1.29 is 4.74 Å². The van der Waals surface area contributed by atoms with Gasteiger partial charge in [-0.3, -0.25) is 0 Å². The average Bonchev–Trinajstić information content (AvgIpc) is 2.24. The Morgan fingerprint density at radius 3 is 3.19 bits per heavy atom. The molecule has 0 spiro atoms. The summed E-state index contributed by atoms with van der Waals surface area (Å²) >= 11 is 6.00. The van der Waals surface area contributed by atoms with Gasteiger partial charge in [0.1, 0.15) is 22.7 Å². The zero-order chi connectivity index (χ0) is 11.5. The van der Waals surface area contributed by atoms with Gasteiger partial charge in [-0.15, -0.1) is 0 Å². The molecular formula is C11H16ClN3O. The number of hydrogen-bond acceptors (Lipinski definition) is 4. The van der Waals surface area contributed by atoms with Crippen LogP contribution in [0, 0.1) is 0 Å². The topological polar surface area (TPSA) is 51.4 Å². The van der Waals surface area contributed by atoms with Gasteiger partial charge in [0.25, 0.3) is 0 Å². The summed E-state index contributed by atoms with van der Waals surface area (Å²) in [5.74, 6) is 1.07. The number of nitrogens with two attached hydrogens (primary N) is 1. The molecule has 0 aliphatic carbocycles. The van der Waals surface area contributed by atoms with E-state index >= 15 is 0 Å². The first-order valence-corrected chi connectivity index (χ1v) is 5.79. The van der Waals surface area contributed by atoms with Crippen LogP contribution in [-0.2, 0) is 0 Å². The van der Waals surface area contributed by atoms with Gasteiger partial charge in [-0.25, -0.2) is 4.98 Å². The Morgan fingerprint density at radius 1 is 1.62 bits per heavy atom. The van der Waals surface area contributed by atoms with Gasteiger partial charge >= 0.3 is 0 Å². The Hall–Kier alpha value is -1.00. The fraction of sp³-hybridized carbons (Fsp3) is 0.545. The Labute approximate surface area is 100 Å². The molecule has 0 bridgehead atoms. The fourth-order valence-corrected chi connectivity index (χ4v) is 2.07. The zero-order valence-electron chi connectivity index (χ0n) is 9.32. The summed E-state index contributed by atoms with van der Waals surface area (Å²) in [5.41, 5.74) is 5.60. The number of aromatic nitrogens is 1. The smallest absolute Gasteiger partial charge is 0.143 e. The van der Waals surface area contributed by atoms with Crippen LogP contribution in [0.25, 0.3) is 0 Å². The minimum Gasteiger partial charge on any atom is -0.487 e. The van der Waals surface area contributed by atoms with Crippen LogP contribution in [0.15, 0.2) is 12.3 Å². The van der Waals surface area contributed by atoms with Gasteiger partial charge in [0, 0.05) is 12.6 Å². The predicted molar refractivity (Wildman–Crippen MR) is 64.8 cm³/mol. The van der Waals surface area contributed by atoms with Gasteiger partial charge < -0.3 is 15.4 Å². The van der Waals surface area contributed by atoms with Crippen molar-refractivity contribution in [3.05, 3.63) is 17.3 Å². The molecule has 2 rings (SSSR count). The van der Waals surface area contributed by atoms with Crippen LogP contribution in [0.5, 0.6) is 5.75 Å². The van der Waals surface area contributed by atoms with Crippen molar-refractivity contribution in [3.8, 4) is 5.75 Å². The molecule has 2 N–H and O–H groups in total. The summed E-state index contributed by atoms with van der Waals surface area (Å²) in [6.07, 6.45) is 3.93. The molecule has 2 heterocycles. The number of ether oxygens (including phenoxy) is 1. The second-order valence-electron chi connectivity index (χ2n) is 4.18. The van der Waals surface area contributed by atoms with Crippen LogP contribution in [0.1, 0.15) is 12.8 Å². The molecule has 16 heavy (non-hydrogen) atoms. The minimum absolute atomic E-state index is 0.193. The van der Waals surface area contributed by atoms with E-state index in [1.54, 1.807) is 6.07 Å². The van der Waals surface area contributed by atoms with E-state index in [4.69, 9.17) is 22.1 Å². The van der Waals surface area contributed by atoms with Gasteiger partial charge in [-0.2, -0.15) is 0 Å². The number of likely N-dealkylation sites (tertiary alicyclic amines) is 1. The number of hydrogen-bond donors (Lipinski definition) is 1. The molecule has 5 heteroatoms. The first-order valence-electron chi connectivity index (χ1n) is 5.41. The summed E-state index contributed by atoms with van der Waals surface area (Å²) in [7, 11) is 2.10. The van der Waals surface area contributed by atoms with E-state index in [0.29, 0.717) is 16.6 Å². The van der Waals surface area contributed by atoms with Crippen LogP contribution >= 0.6 is 11.6 Å². The molecule has 0 unspecified atom stereocenters. The molecule has 0 radical (unpaired) electrons. The number of nitrogen functional groups attached to an aromatic ring is 1. The van der Waals surface area contributed by atoms with Crippen LogP contribution in [0.3, 0.4) is 0 Å². The molecule has 1 fully saturated rings. The normalized spacial score (nSPS) is 22.0. The van der Waals surface area contributed by atoms with Crippen LogP contribution in [0.4, 0.5) is 5.82 Å². The molecule has 0 aromatic carbocycles. The van der Waals surface area contributed by atoms with Crippen molar-refractivity contribution >= 4 is 17.4 Å². The van der Waals surface area contributed by atoms with Crippen LogP contribution < -0.4 is 10.5 Å². The Balaban J connectivity index is 2.05. The van der Waals surface area contributed by atoms with Gasteiger partial charge in [0.15, 0.2) is 0 Å². The summed E-state index contributed by atoms with van der Waals surface area (Å²) in [4.78, 5) is 6.16. The van der Waals surface area contributed by atoms with Crippen molar-refractivity contribution in [1.29, 1.82) is 0 Å². The lowest BCUT2D eigenvalue weighted by Gasteiger charge is -2.30. The summed E-state index contributed by atoms with van der Waals surface area (Å²) in [6, 6.07) is 1.68. The molecule has 1 atom stereocenters. The molecule has 4 nitrogen and oxygen atoms in total. The summed E-state index contributed by atoms with van der Waals surface area (Å²) in [6.45, 7) is 2.06. The first kappa shape index (κ1) is 11.5. The maximum absolute atomic E-state index is 6.00. The monoisotopic (exact) mass is 241 g/mol. The summed E-state index contributed by atoms with van der Waals surface area (Å²) in [5, 5.41) is 0.516. The second kappa shape index (κ2) is 4.89. The summed E-state index contributed by atoms with van der Waals surface area (Å²) < 4.78 is 5.84. The van der Waals surface area contributed by atoms with Gasteiger partial charge in [-0.05, 0) is 26.4 Å². The standard InChI is InChI=1S/C11H16ClN3O/c1-15-4-2-3-8(7-15)16-10-5-11(13)14-6-9(10)12/h5-6,8H,2-4,7H2,1H3,(H2,13,14)/t8-/m0/s1. The molecule has 88 valence electrons. The molecule has 1 aliphatic rings. The van der Waals surface area contributed by atoms with E-state index in [1.165, 1.54) is 6.20 Å². The minimum atomic E-state index is 0.193. The molecule has 1 saturated heterocycles. The van der Waals surface area contributed by atoms with E-state index in [0.717, 1.165) is 25.9 Å². The second-order valence-corrected chi connectivity index (χ2v) is 4.59. The maximum atomic E-state index is 6.00. The van der Waals surface area contributed by atoms with Crippen LogP contribution in [-0.4, -0.2) is 36.1 Å². The highest BCUT2D eigenvalue weighted by Gasteiger charge is 2.19. The average molecular weight is 242 g/mol. The SMILES string of the molecule is CN1CCC[C@H](Oc2cc(N)ncc2Cl)C1. The quantitative estimate of drug-likeness (QED) is 0.858. The molecule has 1 aliphatic heterocycles. The highest BCUT2D eigenvalue weighted by atomic mass is 35.5.